The van der Waals surface area contributed by atoms with Crippen molar-refractivity contribution in [3.63, 3.8) is 0 Å². The van der Waals surface area contributed by atoms with Gasteiger partial charge in [0.2, 0.25) is 5.91 Å². The van der Waals surface area contributed by atoms with E-state index in [1.54, 1.807) is 0 Å². The van der Waals surface area contributed by atoms with Gasteiger partial charge in [0.1, 0.15) is 0 Å². The third-order valence-corrected chi connectivity index (χ3v) is 5.45. The lowest BCUT2D eigenvalue weighted by Gasteiger charge is -2.29. The van der Waals surface area contributed by atoms with E-state index >= 15 is 0 Å². The van der Waals surface area contributed by atoms with Crippen molar-refractivity contribution in [3.8, 4) is 0 Å². The van der Waals surface area contributed by atoms with E-state index in [1.807, 2.05) is 13.8 Å². The van der Waals surface area contributed by atoms with Crippen molar-refractivity contribution >= 4 is 5.91 Å². The summed E-state index contributed by atoms with van der Waals surface area (Å²) in [5, 5.41) is 3.68. The predicted molar refractivity (Wildman–Crippen MR) is 84.8 cm³/mol. The number of amides is 1. The first-order valence-electron chi connectivity index (χ1n) is 8.07. The Balaban J connectivity index is 1.73. The van der Waals surface area contributed by atoms with Crippen molar-refractivity contribution in [2.45, 2.75) is 45.6 Å². The van der Waals surface area contributed by atoms with Crippen LogP contribution in [0, 0.1) is 17.3 Å². The highest BCUT2D eigenvalue weighted by Crippen LogP contribution is 2.40. The molecule has 2 aliphatic rings. The van der Waals surface area contributed by atoms with Crippen molar-refractivity contribution < 1.29 is 4.79 Å². The predicted octanol–water partition coefficient (Wildman–Crippen LogP) is 2.28. The van der Waals surface area contributed by atoms with E-state index in [-0.39, 0.29) is 5.91 Å². The molecule has 3 heteroatoms. The lowest BCUT2D eigenvalue weighted by Crippen LogP contribution is -2.47. The molecule has 3 rings (SSSR count). The van der Waals surface area contributed by atoms with Crippen LogP contribution in [0.2, 0.25) is 0 Å². The number of carbonyl (C=O) groups excluding carboxylic acids is 1. The maximum Gasteiger partial charge on any atom is 0.224 e. The van der Waals surface area contributed by atoms with E-state index in [2.05, 4.69) is 29.6 Å². The number of hydrogen-bond acceptors (Lipinski definition) is 2. The molecule has 2 unspecified atom stereocenters. The molecule has 0 radical (unpaired) electrons. The fraction of sp³-hybridized carbons (Fsp3) is 0.611. The summed E-state index contributed by atoms with van der Waals surface area (Å²) < 4.78 is 0. The molecular weight excluding hydrogens is 260 g/mol. The van der Waals surface area contributed by atoms with E-state index in [9.17, 15) is 4.79 Å². The molecule has 21 heavy (non-hydrogen) atoms. The summed E-state index contributed by atoms with van der Waals surface area (Å²) in [6.45, 7) is 4.53. The second-order valence-corrected chi connectivity index (χ2v) is 7.43. The summed E-state index contributed by atoms with van der Waals surface area (Å²) in [6.07, 6.45) is 4.93. The number of nitrogens with one attached hydrogen (secondary N) is 1. The van der Waals surface area contributed by atoms with Crippen LogP contribution < -0.4 is 11.1 Å². The summed E-state index contributed by atoms with van der Waals surface area (Å²) in [4.78, 5) is 11.5. The monoisotopic (exact) mass is 286 g/mol. The molecular formula is C18H26N2O. The summed E-state index contributed by atoms with van der Waals surface area (Å²) in [5.74, 6) is 1.17. The van der Waals surface area contributed by atoms with E-state index in [0.29, 0.717) is 24.4 Å². The van der Waals surface area contributed by atoms with Crippen LogP contribution in [0.15, 0.2) is 24.3 Å². The van der Waals surface area contributed by atoms with Crippen molar-refractivity contribution in [3.05, 3.63) is 35.4 Å². The molecule has 1 fully saturated rings. The number of benzene rings is 1. The zero-order chi connectivity index (χ0) is 15.0. The van der Waals surface area contributed by atoms with Crippen molar-refractivity contribution in [1.29, 1.82) is 0 Å². The van der Waals surface area contributed by atoms with Crippen LogP contribution in [0.1, 0.15) is 37.8 Å². The summed E-state index contributed by atoms with van der Waals surface area (Å²) in [7, 11) is 0. The molecule has 2 bridgehead atoms. The van der Waals surface area contributed by atoms with Crippen LogP contribution in [0.3, 0.4) is 0 Å². The SMILES string of the molecule is CC(C)(CNC1C2CCC1Cc1ccccc1C2)C(N)=O. The molecule has 0 heterocycles. The number of nitrogens with two attached hydrogens (primary N) is 1. The van der Waals surface area contributed by atoms with Gasteiger partial charge in [-0.2, -0.15) is 0 Å². The molecule has 0 aromatic heterocycles. The third-order valence-electron chi connectivity index (χ3n) is 5.45. The molecule has 114 valence electrons. The number of fused-ring (bicyclic) bond motifs is 3. The average molecular weight is 286 g/mol. The Bertz CT molecular complexity index is 505. The maximum absolute atomic E-state index is 11.5. The smallest absolute Gasteiger partial charge is 0.224 e. The minimum absolute atomic E-state index is 0.223. The second kappa shape index (κ2) is 5.45. The van der Waals surface area contributed by atoms with Crippen molar-refractivity contribution in [2.75, 3.05) is 6.54 Å². The fourth-order valence-corrected chi connectivity index (χ4v) is 3.94. The van der Waals surface area contributed by atoms with Gasteiger partial charge in [-0.25, -0.2) is 0 Å². The molecule has 0 saturated heterocycles. The van der Waals surface area contributed by atoms with Gasteiger partial charge >= 0.3 is 0 Å². The van der Waals surface area contributed by atoms with E-state index < -0.39 is 5.41 Å². The number of primary amides is 1. The number of rotatable bonds is 4. The Morgan fingerprint density at radius 3 is 2.19 bits per heavy atom. The quantitative estimate of drug-likeness (QED) is 0.892. The standard InChI is InChI=1S/C18H26N2O/c1-18(2,17(19)21)11-20-16-14-7-8-15(16)10-13-6-4-3-5-12(13)9-14/h3-6,14-16,20H,7-11H2,1-2H3,(H2,19,21). The fourth-order valence-electron chi connectivity index (χ4n) is 3.94. The van der Waals surface area contributed by atoms with Crippen LogP contribution in [0.25, 0.3) is 0 Å². The molecule has 1 aromatic rings. The maximum atomic E-state index is 11.5. The van der Waals surface area contributed by atoms with Gasteiger partial charge in [-0.05, 0) is 62.5 Å². The van der Waals surface area contributed by atoms with Crippen molar-refractivity contribution in [1.82, 2.24) is 5.32 Å². The van der Waals surface area contributed by atoms with Gasteiger partial charge in [0.05, 0.1) is 5.41 Å². The van der Waals surface area contributed by atoms with Gasteiger partial charge in [0.25, 0.3) is 0 Å². The summed E-state index contributed by atoms with van der Waals surface area (Å²) in [6, 6.07) is 9.38. The van der Waals surface area contributed by atoms with E-state index in [1.165, 1.54) is 36.8 Å². The summed E-state index contributed by atoms with van der Waals surface area (Å²) in [5.41, 5.74) is 8.06. The zero-order valence-electron chi connectivity index (χ0n) is 13.1. The topological polar surface area (TPSA) is 55.1 Å². The second-order valence-electron chi connectivity index (χ2n) is 7.43. The van der Waals surface area contributed by atoms with Crippen LogP contribution in [0.5, 0.6) is 0 Å². The minimum atomic E-state index is -0.474. The number of hydrogen-bond donors (Lipinski definition) is 2. The molecule has 3 nitrogen and oxygen atoms in total. The van der Waals surface area contributed by atoms with Crippen LogP contribution >= 0.6 is 0 Å². The Morgan fingerprint density at radius 2 is 1.71 bits per heavy atom. The normalized spacial score (nSPS) is 28.0. The van der Waals surface area contributed by atoms with Gasteiger partial charge in [0.15, 0.2) is 0 Å². The van der Waals surface area contributed by atoms with Gasteiger partial charge in [-0.3, -0.25) is 4.79 Å². The first-order chi connectivity index (χ1) is 9.97. The average Bonchev–Trinajstić information content (AvgIpc) is 2.71. The molecule has 2 atom stereocenters. The van der Waals surface area contributed by atoms with Gasteiger partial charge in [0, 0.05) is 12.6 Å². The van der Waals surface area contributed by atoms with Crippen LogP contribution in [-0.4, -0.2) is 18.5 Å². The molecule has 0 spiro atoms. The van der Waals surface area contributed by atoms with E-state index in [0.717, 1.165) is 0 Å². The van der Waals surface area contributed by atoms with Crippen molar-refractivity contribution in [2.24, 2.45) is 23.0 Å². The minimum Gasteiger partial charge on any atom is -0.369 e. The molecule has 1 saturated carbocycles. The first kappa shape index (κ1) is 14.6. The lowest BCUT2D eigenvalue weighted by atomic mass is 9.89. The van der Waals surface area contributed by atoms with Gasteiger partial charge in [-0.15, -0.1) is 0 Å². The highest BCUT2D eigenvalue weighted by molar-refractivity contribution is 5.80. The van der Waals surface area contributed by atoms with Gasteiger partial charge in [-0.1, -0.05) is 24.3 Å². The van der Waals surface area contributed by atoms with E-state index in [4.69, 9.17) is 5.73 Å². The number of carbonyl (C=O) groups is 1. The van der Waals surface area contributed by atoms with Crippen LogP contribution in [0.4, 0.5) is 0 Å². The lowest BCUT2D eigenvalue weighted by molar-refractivity contribution is -0.125. The van der Waals surface area contributed by atoms with Gasteiger partial charge < -0.3 is 11.1 Å². The largest absolute Gasteiger partial charge is 0.369 e. The Morgan fingerprint density at radius 1 is 1.19 bits per heavy atom. The Labute approximate surface area is 127 Å². The molecule has 2 aliphatic carbocycles. The molecule has 1 aromatic carbocycles. The highest BCUT2D eigenvalue weighted by Gasteiger charge is 2.39. The third kappa shape index (κ3) is 2.84. The zero-order valence-corrected chi connectivity index (χ0v) is 13.1. The highest BCUT2D eigenvalue weighted by atomic mass is 16.1. The molecule has 3 N–H and O–H groups in total. The van der Waals surface area contributed by atoms with Crippen LogP contribution in [-0.2, 0) is 17.6 Å². The summed E-state index contributed by atoms with van der Waals surface area (Å²) >= 11 is 0. The first-order valence-corrected chi connectivity index (χ1v) is 8.07. The molecule has 1 amide bonds. The Kier molecular flexibility index (Phi) is 3.78. The Hall–Kier alpha value is -1.35. The molecule has 0 aliphatic heterocycles.